The number of carbonyl (C=O) groups excluding carboxylic acids is 1. The Bertz CT molecular complexity index is 1060. The third-order valence-electron chi connectivity index (χ3n) is 4.83. The van der Waals surface area contributed by atoms with Crippen LogP contribution in [-0.4, -0.2) is 37.0 Å². The van der Waals surface area contributed by atoms with Crippen molar-refractivity contribution in [2.24, 2.45) is 7.05 Å². The van der Waals surface area contributed by atoms with Gasteiger partial charge in [-0.25, -0.2) is 4.98 Å². The highest BCUT2D eigenvalue weighted by molar-refractivity contribution is 8.00. The van der Waals surface area contributed by atoms with E-state index in [1.807, 2.05) is 23.1 Å². The van der Waals surface area contributed by atoms with Crippen molar-refractivity contribution in [1.82, 2.24) is 19.3 Å². The molecule has 27 heavy (non-hydrogen) atoms. The van der Waals surface area contributed by atoms with E-state index >= 15 is 0 Å². The second kappa shape index (κ2) is 7.19. The van der Waals surface area contributed by atoms with Gasteiger partial charge in [-0.15, -0.1) is 11.8 Å². The monoisotopic (exact) mass is 383 g/mol. The van der Waals surface area contributed by atoms with Gasteiger partial charge >= 0.3 is 0 Å². The van der Waals surface area contributed by atoms with Crippen LogP contribution in [0, 0.1) is 0 Å². The summed E-state index contributed by atoms with van der Waals surface area (Å²) in [5, 5.41) is 5.00. The molecule has 0 saturated carbocycles. The van der Waals surface area contributed by atoms with Gasteiger partial charge in [-0.05, 0) is 18.6 Å². The van der Waals surface area contributed by atoms with Crippen LogP contribution >= 0.6 is 11.8 Å². The number of nitrogens with zero attached hydrogens (tertiary/aromatic N) is 5. The molecule has 0 unspecified atom stereocenters. The van der Waals surface area contributed by atoms with Crippen molar-refractivity contribution in [3.8, 4) is 0 Å². The predicted molar refractivity (Wildman–Crippen MR) is 106 cm³/mol. The molecule has 0 spiro atoms. The summed E-state index contributed by atoms with van der Waals surface area (Å²) in [5.41, 5.74) is 1.35. The van der Waals surface area contributed by atoms with Crippen LogP contribution in [0.4, 0.5) is 5.69 Å². The van der Waals surface area contributed by atoms with Crippen molar-refractivity contribution in [3.05, 3.63) is 47.1 Å². The van der Waals surface area contributed by atoms with Crippen molar-refractivity contribution < 1.29 is 4.79 Å². The zero-order valence-corrected chi connectivity index (χ0v) is 16.1. The first-order chi connectivity index (χ1) is 13.0. The zero-order valence-electron chi connectivity index (χ0n) is 15.3. The molecule has 1 aliphatic rings. The molecular formula is C19H21N5O2S. The van der Waals surface area contributed by atoms with Crippen LogP contribution in [0.3, 0.4) is 0 Å². The van der Waals surface area contributed by atoms with E-state index in [9.17, 15) is 9.59 Å². The lowest BCUT2D eigenvalue weighted by atomic mass is 10.2. The van der Waals surface area contributed by atoms with Gasteiger partial charge in [0.1, 0.15) is 5.39 Å². The van der Waals surface area contributed by atoms with Gasteiger partial charge in [0, 0.05) is 36.7 Å². The first-order valence-corrected chi connectivity index (χ1v) is 9.86. The first kappa shape index (κ1) is 17.8. The van der Waals surface area contributed by atoms with Gasteiger partial charge in [0.15, 0.2) is 5.65 Å². The van der Waals surface area contributed by atoms with E-state index in [-0.39, 0.29) is 17.9 Å². The van der Waals surface area contributed by atoms with E-state index in [2.05, 4.69) is 23.1 Å². The molecule has 1 atom stereocenters. The number of hydrogen-bond donors (Lipinski definition) is 0. The number of benzene rings is 1. The summed E-state index contributed by atoms with van der Waals surface area (Å²) in [6.45, 7) is 3.18. The summed E-state index contributed by atoms with van der Waals surface area (Å²) in [6, 6.07) is 8.02. The molecule has 1 amide bonds. The Labute approximate surface area is 161 Å². The zero-order chi connectivity index (χ0) is 19.0. The van der Waals surface area contributed by atoms with Gasteiger partial charge in [-0.3, -0.25) is 18.8 Å². The van der Waals surface area contributed by atoms with Crippen molar-refractivity contribution in [1.29, 1.82) is 0 Å². The Morgan fingerprint density at radius 3 is 3.00 bits per heavy atom. The van der Waals surface area contributed by atoms with Crippen LogP contribution < -0.4 is 10.5 Å². The molecule has 4 rings (SSSR count). The third-order valence-corrected chi connectivity index (χ3v) is 6.07. The molecule has 140 valence electrons. The van der Waals surface area contributed by atoms with Crippen LogP contribution in [-0.2, 0) is 18.4 Å². The molecule has 0 aliphatic carbocycles. The van der Waals surface area contributed by atoms with Crippen LogP contribution in [0.2, 0.25) is 0 Å². The summed E-state index contributed by atoms with van der Waals surface area (Å²) in [4.78, 5) is 32.8. The average Bonchev–Trinajstić information content (AvgIpc) is 2.95. The average molecular weight is 383 g/mol. The fraction of sp³-hybridized carbons (Fsp3) is 0.368. The minimum absolute atomic E-state index is 0.0235. The molecular weight excluding hydrogens is 362 g/mol. The van der Waals surface area contributed by atoms with Gasteiger partial charge in [0.25, 0.3) is 5.56 Å². The lowest BCUT2D eigenvalue weighted by Crippen LogP contribution is -2.33. The summed E-state index contributed by atoms with van der Waals surface area (Å²) in [7, 11) is 1.75. The Morgan fingerprint density at radius 1 is 1.33 bits per heavy atom. The summed E-state index contributed by atoms with van der Waals surface area (Å²) < 4.78 is 3.06. The Balaban J connectivity index is 1.55. The molecule has 3 aromatic rings. The van der Waals surface area contributed by atoms with Crippen LogP contribution in [0.1, 0.15) is 19.8 Å². The largest absolute Gasteiger partial charge is 0.311 e. The molecule has 1 aliphatic heterocycles. The van der Waals surface area contributed by atoms with E-state index in [1.165, 1.54) is 17.1 Å². The predicted octanol–water partition coefficient (Wildman–Crippen LogP) is 2.44. The third kappa shape index (κ3) is 3.37. The molecule has 0 saturated heterocycles. The Hall–Kier alpha value is -2.61. The fourth-order valence-corrected chi connectivity index (χ4v) is 4.44. The minimum atomic E-state index is -0.165. The van der Waals surface area contributed by atoms with Crippen molar-refractivity contribution in [2.75, 3.05) is 11.4 Å². The van der Waals surface area contributed by atoms with Gasteiger partial charge in [0.2, 0.25) is 5.91 Å². The number of fused-ring (bicyclic) bond motifs is 2. The molecule has 3 heterocycles. The summed E-state index contributed by atoms with van der Waals surface area (Å²) >= 11 is 1.81. The Kier molecular flexibility index (Phi) is 4.73. The molecule has 8 heteroatoms. The number of anilines is 1. The lowest BCUT2D eigenvalue weighted by molar-refractivity contribution is -0.118. The highest BCUT2D eigenvalue weighted by atomic mass is 32.2. The maximum Gasteiger partial charge on any atom is 0.264 e. The van der Waals surface area contributed by atoms with Crippen LogP contribution in [0.25, 0.3) is 11.0 Å². The SMILES string of the molecule is C[C@H]1CCN(C(=O)CCn2cnc3c(cnn3C)c2=O)c2ccccc2S1. The molecule has 1 aromatic carbocycles. The topological polar surface area (TPSA) is 73.0 Å². The maximum atomic E-state index is 12.9. The second-order valence-electron chi connectivity index (χ2n) is 6.73. The first-order valence-electron chi connectivity index (χ1n) is 8.98. The maximum absolute atomic E-state index is 12.9. The smallest absolute Gasteiger partial charge is 0.264 e. The molecule has 2 aromatic heterocycles. The lowest BCUT2D eigenvalue weighted by Gasteiger charge is -2.22. The van der Waals surface area contributed by atoms with Gasteiger partial charge in [-0.2, -0.15) is 5.10 Å². The Morgan fingerprint density at radius 2 is 2.15 bits per heavy atom. The van der Waals surface area contributed by atoms with Crippen LogP contribution in [0.5, 0.6) is 0 Å². The fourth-order valence-electron chi connectivity index (χ4n) is 3.32. The molecule has 0 N–H and O–H groups in total. The molecule has 7 nitrogen and oxygen atoms in total. The second-order valence-corrected chi connectivity index (χ2v) is 8.21. The number of amides is 1. The number of aryl methyl sites for hydroxylation is 2. The highest BCUT2D eigenvalue weighted by Crippen LogP contribution is 2.37. The number of aromatic nitrogens is 4. The van der Waals surface area contributed by atoms with Crippen molar-refractivity contribution in [2.45, 2.75) is 36.5 Å². The van der Waals surface area contributed by atoms with E-state index in [4.69, 9.17) is 0 Å². The number of para-hydroxylation sites is 1. The van der Waals surface area contributed by atoms with Gasteiger partial charge < -0.3 is 4.90 Å². The van der Waals surface area contributed by atoms with E-state index < -0.39 is 0 Å². The number of hydrogen-bond acceptors (Lipinski definition) is 5. The number of rotatable bonds is 3. The number of carbonyl (C=O) groups is 1. The molecule has 0 radical (unpaired) electrons. The normalized spacial score (nSPS) is 17.0. The molecule has 0 fully saturated rings. The van der Waals surface area contributed by atoms with Gasteiger partial charge in [0.05, 0.1) is 18.2 Å². The van der Waals surface area contributed by atoms with Crippen LogP contribution in [0.15, 0.2) is 46.5 Å². The number of thioether (sulfide) groups is 1. The van der Waals surface area contributed by atoms with E-state index in [1.54, 1.807) is 23.5 Å². The minimum Gasteiger partial charge on any atom is -0.311 e. The van der Waals surface area contributed by atoms with Gasteiger partial charge in [-0.1, -0.05) is 19.1 Å². The van der Waals surface area contributed by atoms with Crippen molar-refractivity contribution in [3.63, 3.8) is 0 Å². The molecule has 0 bridgehead atoms. The van der Waals surface area contributed by atoms with E-state index in [0.29, 0.717) is 29.4 Å². The summed E-state index contributed by atoms with van der Waals surface area (Å²) in [6.07, 6.45) is 4.20. The van der Waals surface area contributed by atoms with Crippen molar-refractivity contribution >= 4 is 34.4 Å². The standard InChI is InChI=1S/C19H21N5O2S/c1-13-7-10-24(15-5-3-4-6-16(15)27-13)17(25)8-9-23-12-20-18-14(19(23)26)11-21-22(18)2/h3-6,11-13H,7-10H2,1-2H3/t13-/m0/s1. The van der Waals surface area contributed by atoms with E-state index in [0.717, 1.165) is 17.0 Å². The summed E-state index contributed by atoms with van der Waals surface area (Å²) in [5.74, 6) is 0.0235. The quantitative estimate of drug-likeness (QED) is 0.695. The highest BCUT2D eigenvalue weighted by Gasteiger charge is 2.24.